The maximum atomic E-state index is 11.4. The maximum absolute atomic E-state index is 11.4. The highest BCUT2D eigenvalue weighted by molar-refractivity contribution is 7.91. The second-order valence-electron chi connectivity index (χ2n) is 5.05. The molecule has 2 aliphatic heterocycles. The largest absolute Gasteiger partial charge is 0.390 e. The smallest absolute Gasteiger partial charge is 0.154 e. The molecule has 2 N–H and O–H groups in total. The number of hydrogen-bond acceptors (Lipinski definition) is 6. The van der Waals surface area contributed by atoms with Gasteiger partial charge in [-0.25, -0.2) is 8.42 Å². The summed E-state index contributed by atoms with van der Waals surface area (Å²) in [4.78, 5) is 2.30. The van der Waals surface area contributed by atoms with E-state index in [0.717, 1.165) is 19.6 Å². The fourth-order valence-corrected chi connectivity index (χ4v) is 4.27. The summed E-state index contributed by atoms with van der Waals surface area (Å²) >= 11 is 0. The van der Waals surface area contributed by atoms with Crippen LogP contribution in [0.1, 0.15) is 6.92 Å². The first kappa shape index (κ1) is 14.2. The van der Waals surface area contributed by atoms with E-state index in [4.69, 9.17) is 4.74 Å². The highest BCUT2D eigenvalue weighted by Gasteiger charge is 2.36. The molecule has 2 rings (SSSR count). The quantitative estimate of drug-likeness (QED) is 0.648. The summed E-state index contributed by atoms with van der Waals surface area (Å²) < 4.78 is 28.3. The third kappa shape index (κ3) is 3.64. The van der Waals surface area contributed by atoms with Crippen molar-refractivity contribution in [2.45, 2.75) is 25.2 Å². The van der Waals surface area contributed by atoms with Crippen molar-refractivity contribution in [3.05, 3.63) is 0 Å². The molecule has 3 atom stereocenters. The van der Waals surface area contributed by atoms with Crippen LogP contribution < -0.4 is 5.32 Å². The summed E-state index contributed by atoms with van der Waals surface area (Å²) in [6.45, 7) is 6.23. The molecule has 2 fully saturated rings. The van der Waals surface area contributed by atoms with Crippen LogP contribution in [0.4, 0.5) is 0 Å². The Balaban J connectivity index is 1.78. The summed E-state index contributed by atoms with van der Waals surface area (Å²) in [6, 6.07) is -0.351. The van der Waals surface area contributed by atoms with Gasteiger partial charge in [-0.15, -0.1) is 0 Å². The molecule has 6 nitrogen and oxygen atoms in total. The number of rotatable bonds is 4. The highest BCUT2D eigenvalue weighted by Crippen LogP contribution is 2.13. The molecule has 0 aromatic carbocycles. The van der Waals surface area contributed by atoms with Gasteiger partial charge in [0.05, 0.1) is 30.3 Å². The Labute approximate surface area is 108 Å². The normalized spacial score (nSPS) is 36.9. The highest BCUT2D eigenvalue weighted by atomic mass is 32.2. The molecule has 0 aromatic heterocycles. The van der Waals surface area contributed by atoms with Crippen molar-refractivity contribution in [1.82, 2.24) is 10.2 Å². The Kier molecular flexibility index (Phi) is 4.60. The van der Waals surface area contributed by atoms with Gasteiger partial charge in [-0.2, -0.15) is 0 Å². The molecular formula is C11H22N2O4S. The van der Waals surface area contributed by atoms with Gasteiger partial charge in [0.15, 0.2) is 9.84 Å². The first-order valence-electron chi connectivity index (χ1n) is 6.46. The molecule has 0 amide bonds. The lowest BCUT2D eigenvalue weighted by Gasteiger charge is -2.32. The molecule has 0 aliphatic carbocycles. The molecule has 7 heteroatoms. The number of aliphatic hydroxyl groups excluding tert-OH is 1. The second-order valence-corrected chi connectivity index (χ2v) is 7.20. The van der Waals surface area contributed by atoms with E-state index in [0.29, 0.717) is 13.2 Å². The van der Waals surface area contributed by atoms with Crippen LogP contribution in [0.15, 0.2) is 0 Å². The van der Waals surface area contributed by atoms with Crippen LogP contribution in [0.25, 0.3) is 0 Å². The molecule has 0 radical (unpaired) electrons. The average Bonchev–Trinajstić information content (AvgIpc) is 2.60. The summed E-state index contributed by atoms with van der Waals surface area (Å²) in [5.41, 5.74) is 0. The molecule has 106 valence electrons. The van der Waals surface area contributed by atoms with E-state index in [-0.39, 0.29) is 23.7 Å². The van der Waals surface area contributed by atoms with E-state index in [9.17, 15) is 13.5 Å². The Hall–Kier alpha value is -0.210. The number of nitrogens with one attached hydrogen (secondary N) is 1. The van der Waals surface area contributed by atoms with Crippen LogP contribution in [0.5, 0.6) is 0 Å². The van der Waals surface area contributed by atoms with Gasteiger partial charge < -0.3 is 15.2 Å². The minimum absolute atomic E-state index is 0.0262. The van der Waals surface area contributed by atoms with Crippen LogP contribution in [-0.2, 0) is 14.6 Å². The standard InChI is InChI=1S/C11H22N2O4S/c1-2-13-3-4-17-9(6-13)5-12-10-7-18(15,16)8-11(10)14/h9-12,14H,2-8H2,1H3. The number of hydrogen-bond donors (Lipinski definition) is 2. The number of nitrogens with zero attached hydrogens (tertiary/aromatic N) is 1. The predicted octanol–water partition coefficient (Wildman–Crippen LogP) is -1.55. The van der Waals surface area contributed by atoms with Crippen LogP contribution >= 0.6 is 0 Å². The number of sulfone groups is 1. The topological polar surface area (TPSA) is 78.9 Å². The van der Waals surface area contributed by atoms with E-state index in [1.165, 1.54) is 0 Å². The molecule has 0 spiro atoms. The van der Waals surface area contributed by atoms with Crippen molar-refractivity contribution in [2.75, 3.05) is 44.3 Å². The summed E-state index contributed by atoms with van der Waals surface area (Å²) in [7, 11) is -3.08. The second kappa shape index (κ2) is 5.83. The zero-order valence-corrected chi connectivity index (χ0v) is 11.5. The van der Waals surface area contributed by atoms with Gasteiger partial charge in [0, 0.05) is 25.7 Å². The third-order valence-corrected chi connectivity index (χ3v) is 5.32. The van der Waals surface area contributed by atoms with Crippen LogP contribution in [0, 0.1) is 0 Å². The minimum Gasteiger partial charge on any atom is -0.390 e. The zero-order valence-electron chi connectivity index (χ0n) is 10.7. The SMILES string of the molecule is CCN1CCOC(CNC2CS(=O)(=O)CC2O)C1. The summed E-state index contributed by atoms with van der Waals surface area (Å²) in [6.07, 6.45) is -0.713. The minimum atomic E-state index is -3.08. The van der Waals surface area contributed by atoms with Crippen molar-refractivity contribution in [1.29, 1.82) is 0 Å². The van der Waals surface area contributed by atoms with Gasteiger partial charge >= 0.3 is 0 Å². The third-order valence-electron chi connectivity index (χ3n) is 3.60. The maximum Gasteiger partial charge on any atom is 0.154 e. The van der Waals surface area contributed by atoms with Crippen LogP contribution in [-0.4, -0.2) is 81.0 Å². The van der Waals surface area contributed by atoms with E-state index >= 15 is 0 Å². The van der Waals surface area contributed by atoms with Crippen molar-refractivity contribution in [3.63, 3.8) is 0 Å². The Morgan fingerprint density at radius 3 is 2.83 bits per heavy atom. The number of ether oxygens (including phenoxy) is 1. The molecule has 0 bridgehead atoms. The van der Waals surface area contributed by atoms with Gasteiger partial charge in [0.25, 0.3) is 0 Å². The van der Waals surface area contributed by atoms with Crippen LogP contribution in [0.3, 0.4) is 0 Å². The van der Waals surface area contributed by atoms with Gasteiger partial charge in [0.2, 0.25) is 0 Å². The molecule has 18 heavy (non-hydrogen) atoms. The Morgan fingerprint density at radius 1 is 1.44 bits per heavy atom. The lowest BCUT2D eigenvalue weighted by molar-refractivity contribution is -0.0274. The van der Waals surface area contributed by atoms with Gasteiger partial charge in [-0.1, -0.05) is 6.92 Å². The Morgan fingerprint density at radius 2 is 2.22 bits per heavy atom. The van der Waals surface area contributed by atoms with Crippen molar-refractivity contribution in [2.24, 2.45) is 0 Å². The summed E-state index contributed by atoms with van der Waals surface area (Å²) in [5.74, 6) is -0.102. The van der Waals surface area contributed by atoms with Gasteiger partial charge in [-0.05, 0) is 6.54 Å². The molecular weight excluding hydrogens is 256 g/mol. The first-order valence-corrected chi connectivity index (χ1v) is 8.28. The fourth-order valence-electron chi connectivity index (χ4n) is 2.50. The lowest BCUT2D eigenvalue weighted by Crippen LogP contribution is -2.50. The number of likely N-dealkylation sites (N-methyl/N-ethyl adjacent to an activating group) is 1. The number of aliphatic hydroxyl groups is 1. The first-order chi connectivity index (χ1) is 8.50. The molecule has 2 heterocycles. The summed E-state index contributed by atoms with van der Waals surface area (Å²) in [5, 5.41) is 12.8. The van der Waals surface area contributed by atoms with Gasteiger partial charge in [0.1, 0.15) is 0 Å². The Bertz CT molecular complexity index is 373. The van der Waals surface area contributed by atoms with Crippen LogP contribution in [0.2, 0.25) is 0 Å². The van der Waals surface area contributed by atoms with Crippen molar-refractivity contribution >= 4 is 9.84 Å². The molecule has 0 saturated carbocycles. The fraction of sp³-hybridized carbons (Fsp3) is 1.00. The van der Waals surface area contributed by atoms with E-state index < -0.39 is 15.9 Å². The molecule has 0 aromatic rings. The van der Waals surface area contributed by atoms with Gasteiger partial charge in [-0.3, -0.25) is 4.90 Å². The zero-order chi connectivity index (χ0) is 13.2. The monoisotopic (exact) mass is 278 g/mol. The van der Waals surface area contributed by atoms with Crippen molar-refractivity contribution < 1.29 is 18.3 Å². The van der Waals surface area contributed by atoms with E-state index in [2.05, 4.69) is 17.1 Å². The lowest BCUT2D eigenvalue weighted by atomic mass is 10.2. The van der Waals surface area contributed by atoms with E-state index in [1.807, 2.05) is 0 Å². The predicted molar refractivity (Wildman–Crippen MR) is 68.3 cm³/mol. The molecule has 3 unspecified atom stereocenters. The molecule has 2 saturated heterocycles. The average molecular weight is 278 g/mol. The molecule has 2 aliphatic rings. The van der Waals surface area contributed by atoms with E-state index in [1.54, 1.807) is 0 Å². The van der Waals surface area contributed by atoms with Crippen molar-refractivity contribution in [3.8, 4) is 0 Å². The number of morpholine rings is 1.